The first-order valence-electron chi connectivity index (χ1n) is 22.7. The maximum atomic E-state index is 2.53. The molecule has 0 amide bonds. The van der Waals surface area contributed by atoms with E-state index in [0.717, 1.165) is 5.69 Å². The lowest BCUT2D eigenvalue weighted by Gasteiger charge is -2.34. The predicted molar refractivity (Wildman–Crippen MR) is 270 cm³/mol. The Morgan fingerprint density at radius 1 is 0.349 bits per heavy atom. The summed E-state index contributed by atoms with van der Waals surface area (Å²) in [6, 6.07) is 84.3. The maximum absolute atomic E-state index is 2.63. The van der Waals surface area contributed by atoms with Gasteiger partial charge in [0.2, 0.25) is 0 Å². The standard InChI is InChI=1S/C60H48N2Si/c1-5-19-43(20-6-1)46-37-40-58-55(42-46)53-30-14-16-33-57(53)62(58)59-34-18-31-54-52-29-13-15-32-56(52)61(60(54)59)47-22-17-21-45(41-47)44-35-38-51(39-36-44)63(48-23-7-2-8-24-48,49-25-9-3-10-26-49)50-27-11-4-12-28-50/h2-4,7-18,21-43H,1,5-6,19-20H2. The molecule has 1 aliphatic rings. The first kappa shape index (κ1) is 37.5. The van der Waals surface area contributed by atoms with E-state index in [1.54, 1.807) is 0 Å². The Morgan fingerprint density at radius 3 is 1.52 bits per heavy atom. The molecule has 0 spiro atoms. The zero-order valence-electron chi connectivity index (χ0n) is 35.4. The van der Waals surface area contributed by atoms with E-state index in [-0.39, 0.29) is 0 Å². The van der Waals surface area contributed by atoms with Crippen LogP contribution >= 0.6 is 0 Å². The molecule has 302 valence electrons. The van der Waals surface area contributed by atoms with E-state index >= 15 is 0 Å². The summed E-state index contributed by atoms with van der Waals surface area (Å²) in [5, 5.41) is 10.7. The van der Waals surface area contributed by atoms with Crippen LogP contribution in [0, 0.1) is 0 Å². The van der Waals surface area contributed by atoms with Crippen LogP contribution in [-0.4, -0.2) is 17.2 Å². The fourth-order valence-electron chi connectivity index (χ4n) is 11.2. The van der Waals surface area contributed by atoms with Crippen LogP contribution in [0.2, 0.25) is 0 Å². The number of aromatic nitrogens is 2. The van der Waals surface area contributed by atoms with E-state index < -0.39 is 8.07 Å². The highest BCUT2D eigenvalue weighted by Crippen LogP contribution is 2.42. The monoisotopic (exact) mass is 824 g/mol. The number of benzene rings is 9. The molecule has 0 aliphatic heterocycles. The largest absolute Gasteiger partial charge is 0.307 e. The lowest BCUT2D eigenvalue weighted by Crippen LogP contribution is -2.74. The van der Waals surface area contributed by atoms with Crippen LogP contribution < -0.4 is 20.7 Å². The van der Waals surface area contributed by atoms with Crippen molar-refractivity contribution >= 4 is 72.4 Å². The van der Waals surface area contributed by atoms with Gasteiger partial charge in [0, 0.05) is 27.2 Å². The topological polar surface area (TPSA) is 9.86 Å². The average Bonchev–Trinajstić information content (AvgIpc) is 3.89. The van der Waals surface area contributed by atoms with E-state index in [9.17, 15) is 0 Å². The van der Waals surface area contributed by atoms with Crippen LogP contribution in [0.5, 0.6) is 0 Å². The number of hydrogen-bond donors (Lipinski definition) is 0. The van der Waals surface area contributed by atoms with Gasteiger partial charge in [-0.05, 0) is 98.7 Å². The molecule has 1 saturated carbocycles. The molecule has 0 saturated heterocycles. The molecule has 0 atom stereocenters. The first-order valence-corrected chi connectivity index (χ1v) is 24.7. The summed E-state index contributed by atoms with van der Waals surface area (Å²) in [5.74, 6) is 0.654. The summed E-state index contributed by atoms with van der Waals surface area (Å²) in [6.07, 6.45) is 6.63. The summed E-state index contributed by atoms with van der Waals surface area (Å²) >= 11 is 0. The molecular formula is C60H48N2Si. The second-order valence-electron chi connectivity index (χ2n) is 17.5. The maximum Gasteiger partial charge on any atom is 0.179 e. The highest BCUT2D eigenvalue weighted by molar-refractivity contribution is 7.19. The van der Waals surface area contributed by atoms with Crippen LogP contribution in [0.15, 0.2) is 224 Å². The molecule has 0 bridgehead atoms. The minimum atomic E-state index is -2.63. The number of hydrogen-bond acceptors (Lipinski definition) is 0. The number of rotatable bonds is 8. The third-order valence-electron chi connectivity index (χ3n) is 14.1. The molecular weight excluding hydrogens is 777 g/mol. The Balaban J connectivity index is 1.02. The normalized spacial score (nSPS) is 13.7. The SMILES string of the molecule is c1ccc([Si](c2ccccc2)(c2ccccc2)c2ccc(-c3cccc(-n4c5ccccc5c5cccc(-n6c7ccccc7c7cc(C8CCCCC8)ccc76)c54)c3)cc2)cc1. The van der Waals surface area contributed by atoms with Gasteiger partial charge in [0.25, 0.3) is 0 Å². The molecule has 0 unspecified atom stereocenters. The van der Waals surface area contributed by atoms with Gasteiger partial charge >= 0.3 is 0 Å². The van der Waals surface area contributed by atoms with Gasteiger partial charge < -0.3 is 9.13 Å². The molecule has 2 nitrogen and oxygen atoms in total. The van der Waals surface area contributed by atoms with Gasteiger partial charge in [0.05, 0.1) is 27.8 Å². The third kappa shape index (κ3) is 6.13. The van der Waals surface area contributed by atoms with Crippen molar-refractivity contribution in [1.29, 1.82) is 0 Å². The molecule has 9 aromatic carbocycles. The van der Waals surface area contributed by atoms with Gasteiger partial charge in [-0.15, -0.1) is 0 Å². The first-order chi connectivity index (χ1) is 31.3. The van der Waals surface area contributed by atoms with E-state index in [4.69, 9.17) is 0 Å². The van der Waals surface area contributed by atoms with E-state index in [1.165, 1.54) is 119 Å². The molecule has 2 aromatic heterocycles. The van der Waals surface area contributed by atoms with Crippen molar-refractivity contribution in [3.63, 3.8) is 0 Å². The zero-order valence-corrected chi connectivity index (χ0v) is 36.4. The van der Waals surface area contributed by atoms with Crippen LogP contribution in [0.1, 0.15) is 43.6 Å². The van der Waals surface area contributed by atoms with E-state index in [1.807, 2.05) is 0 Å². The fourth-order valence-corrected chi connectivity index (χ4v) is 15.9. The summed E-state index contributed by atoms with van der Waals surface area (Å²) in [7, 11) is -2.63. The van der Waals surface area contributed by atoms with E-state index in [2.05, 4.69) is 234 Å². The lowest BCUT2D eigenvalue weighted by atomic mass is 9.84. The number of nitrogens with zero attached hydrogens (tertiary/aromatic N) is 2. The molecule has 12 rings (SSSR count). The minimum absolute atomic E-state index is 0.654. The zero-order chi connectivity index (χ0) is 41.7. The van der Waals surface area contributed by atoms with Gasteiger partial charge in [-0.3, -0.25) is 0 Å². The molecule has 3 heteroatoms. The Hall–Kier alpha value is -7.20. The van der Waals surface area contributed by atoms with Crippen molar-refractivity contribution in [2.24, 2.45) is 0 Å². The molecule has 11 aromatic rings. The number of fused-ring (bicyclic) bond motifs is 6. The molecule has 1 aliphatic carbocycles. The van der Waals surface area contributed by atoms with Crippen molar-refractivity contribution in [3.8, 4) is 22.5 Å². The van der Waals surface area contributed by atoms with Crippen LogP contribution in [0.25, 0.3) is 66.1 Å². The summed E-state index contributed by atoms with van der Waals surface area (Å²) in [4.78, 5) is 0. The van der Waals surface area contributed by atoms with Crippen LogP contribution in [-0.2, 0) is 0 Å². The Morgan fingerprint density at radius 2 is 0.873 bits per heavy atom. The highest BCUT2D eigenvalue weighted by Gasteiger charge is 2.41. The lowest BCUT2D eigenvalue weighted by molar-refractivity contribution is 0.444. The molecule has 0 N–H and O–H groups in total. The molecule has 2 heterocycles. The Labute approximate surface area is 370 Å². The second kappa shape index (κ2) is 15.6. The Bertz CT molecular complexity index is 3320. The Kier molecular flexibility index (Phi) is 9.30. The van der Waals surface area contributed by atoms with Gasteiger partial charge in [0.1, 0.15) is 0 Å². The number of para-hydroxylation sites is 3. The second-order valence-corrected chi connectivity index (χ2v) is 21.3. The minimum Gasteiger partial charge on any atom is -0.307 e. The summed E-state index contributed by atoms with van der Waals surface area (Å²) < 4.78 is 5.03. The van der Waals surface area contributed by atoms with Crippen LogP contribution in [0.4, 0.5) is 0 Å². The molecule has 0 radical (unpaired) electrons. The third-order valence-corrected chi connectivity index (χ3v) is 18.9. The van der Waals surface area contributed by atoms with Crippen molar-refractivity contribution < 1.29 is 0 Å². The van der Waals surface area contributed by atoms with Gasteiger partial charge in [-0.1, -0.05) is 201 Å². The van der Waals surface area contributed by atoms with E-state index in [0.29, 0.717) is 5.92 Å². The molecule has 1 fully saturated rings. The van der Waals surface area contributed by atoms with Crippen LogP contribution in [0.3, 0.4) is 0 Å². The summed E-state index contributed by atoms with van der Waals surface area (Å²) in [5.41, 5.74) is 11.2. The summed E-state index contributed by atoms with van der Waals surface area (Å²) in [6.45, 7) is 0. The predicted octanol–water partition coefficient (Wildman–Crippen LogP) is 13.0. The quantitative estimate of drug-likeness (QED) is 0.107. The fraction of sp³-hybridized carbons (Fsp3) is 0.100. The average molecular weight is 825 g/mol. The van der Waals surface area contributed by atoms with Gasteiger partial charge in [-0.2, -0.15) is 0 Å². The smallest absolute Gasteiger partial charge is 0.179 e. The van der Waals surface area contributed by atoms with Gasteiger partial charge in [0.15, 0.2) is 8.07 Å². The molecule has 63 heavy (non-hydrogen) atoms. The van der Waals surface area contributed by atoms with Crippen molar-refractivity contribution in [2.45, 2.75) is 38.0 Å². The van der Waals surface area contributed by atoms with Gasteiger partial charge in [-0.25, -0.2) is 0 Å². The highest BCUT2D eigenvalue weighted by atomic mass is 28.3. The van der Waals surface area contributed by atoms with Crippen molar-refractivity contribution in [1.82, 2.24) is 9.13 Å². The van der Waals surface area contributed by atoms with Crippen molar-refractivity contribution in [2.75, 3.05) is 0 Å². The van der Waals surface area contributed by atoms with Crippen molar-refractivity contribution in [3.05, 3.63) is 230 Å².